The van der Waals surface area contributed by atoms with Gasteiger partial charge in [0.1, 0.15) is 0 Å². The van der Waals surface area contributed by atoms with Crippen LogP contribution in [0.1, 0.15) is 0 Å². The molecule has 0 saturated heterocycles. The molecule has 10 aromatic rings. The molecule has 0 bridgehead atoms. The van der Waals surface area contributed by atoms with E-state index in [0.29, 0.717) is 0 Å². The molecular formula is C54H37N. The highest BCUT2D eigenvalue weighted by Gasteiger charge is 2.18. The second-order valence-corrected chi connectivity index (χ2v) is 14.2. The second-order valence-electron chi connectivity index (χ2n) is 14.2. The smallest absolute Gasteiger partial charge is 0.0535 e. The van der Waals surface area contributed by atoms with Gasteiger partial charge in [-0.05, 0) is 126 Å². The van der Waals surface area contributed by atoms with Crippen molar-refractivity contribution < 1.29 is 0 Å². The molecule has 0 radical (unpaired) electrons. The van der Waals surface area contributed by atoms with Crippen LogP contribution in [0.15, 0.2) is 224 Å². The van der Waals surface area contributed by atoms with Gasteiger partial charge in [0.25, 0.3) is 0 Å². The highest BCUT2D eigenvalue weighted by atomic mass is 15.0. The predicted molar refractivity (Wildman–Crippen MR) is 233 cm³/mol. The summed E-state index contributed by atoms with van der Waals surface area (Å²) in [5, 5.41) is 4.88. The van der Waals surface area contributed by atoms with Gasteiger partial charge in [-0.1, -0.05) is 176 Å². The third-order valence-corrected chi connectivity index (χ3v) is 10.8. The van der Waals surface area contributed by atoms with Gasteiger partial charge in [-0.25, -0.2) is 0 Å². The summed E-state index contributed by atoms with van der Waals surface area (Å²) < 4.78 is 2.44. The molecule has 0 fully saturated rings. The zero-order valence-corrected chi connectivity index (χ0v) is 30.3. The molecule has 0 aliphatic carbocycles. The van der Waals surface area contributed by atoms with Crippen LogP contribution in [0.3, 0.4) is 0 Å². The van der Waals surface area contributed by atoms with Crippen molar-refractivity contribution in [2.75, 3.05) is 0 Å². The van der Waals surface area contributed by atoms with Crippen LogP contribution in [0.5, 0.6) is 0 Å². The Kier molecular flexibility index (Phi) is 8.24. The third-order valence-electron chi connectivity index (χ3n) is 10.8. The lowest BCUT2D eigenvalue weighted by Gasteiger charge is -2.19. The first-order valence-corrected chi connectivity index (χ1v) is 18.9. The molecule has 0 aliphatic heterocycles. The Hall–Kier alpha value is -7.22. The van der Waals surface area contributed by atoms with Crippen molar-refractivity contribution >= 4 is 21.5 Å². The number of hydrogen-bond acceptors (Lipinski definition) is 0. The van der Waals surface area contributed by atoms with Gasteiger partial charge in [0.05, 0.1) is 11.4 Å². The molecule has 0 atom stereocenters. The Morgan fingerprint density at radius 1 is 0.236 bits per heavy atom. The number of nitrogens with zero attached hydrogens (tertiary/aromatic N) is 1. The van der Waals surface area contributed by atoms with E-state index in [4.69, 9.17) is 0 Å². The summed E-state index contributed by atoms with van der Waals surface area (Å²) >= 11 is 0. The van der Waals surface area contributed by atoms with Crippen LogP contribution in [-0.4, -0.2) is 4.57 Å². The highest BCUT2D eigenvalue weighted by molar-refractivity contribution is 6.10. The summed E-state index contributed by atoms with van der Waals surface area (Å²) in [6.07, 6.45) is 0. The van der Waals surface area contributed by atoms with Gasteiger partial charge in [-0.2, -0.15) is 0 Å². The molecule has 1 heterocycles. The highest BCUT2D eigenvalue weighted by Crippen LogP contribution is 2.41. The summed E-state index contributed by atoms with van der Waals surface area (Å²) in [6, 6.07) is 81.5. The Bertz CT molecular complexity index is 2880. The number of hydrogen-bond donors (Lipinski definition) is 0. The van der Waals surface area contributed by atoms with Gasteiger partial charge in [0, 0.05) is 5.69 Å². The molecule has 0 saturated carbocycles. The van der Waals surface area contributed by atoms with Gasteiger partial charge < -0.3 is 4.57 Å². The molecule has 1 nitrogen and oxygen atoms in total. The van der Waals surface area contributed by atoms with Crippen molar-refractivity contribution in [1.29, 1.82) is 0 Å². The topological polar surface area (TPSA) is 4.93 Å². The van der Waals surface area contributed by atoms with Crippen molar-refractivity contribution in [3.8, 4) is 72.7 Å². The maximum atomic E-state index is 2.44. The van der Waals surface area contributed by atoms with Crippen LogP contribution in [0, 0.1) is 0 Å². The van der Waals surface area contributed by atoms with Crippen LogP contribution in [-0.2, 0) is 0 Å². The lowest BCUT2D eigenvalue weighted by atomic mass is 9.90. The van der Waals surface area contributed by atoms with Crippen molar-refractivity contribution in [1.82, 2.24) is 4.57 Å². The standard InChI is InChI=1S/C54H37N/c1-5-16-38(17-6-1)42-24-13-26-44(32-42)49-29-15-28-46-35-51-47(36-50(46)49)34-48(37-52(51)45-27-14-25-43(33-45)39-18-7-2-8-19-39)55-53(40-20-9-3-10-21-40)30-31-54(55)41-22-11-4-12-23-41/h1-37H. The minimum atomic E-state index is 1.12. The maximum Gasteiger partial charge on any atom is 0.0535 e. The van der Waals surface area contributed by atoms with E-state index < -0.39 is 0 Å². The Morgan fingerprint density at radius 2 is 0.655 bits per heavy atom. The van der Waals surface area contributed by atoms with Crippen LogP contribution < -0.4 is 0 Å². The molecule has 1 heteroatoms. The van der Waals surface area contributed by atoms with E-state index in [9.17, 15) is 0 Å². The normalized spacial score (nSPS) is 11.3. The molecule has 0 unspecified atom stereocenters. The summed E-state index contributed by atoms with van der Waals surface area (Å²) in [7, 11) is 0. The third kappa shape index (κ3) is 6.12. The van der Waals surface area contributed by atoms with Gasteiger partial charge in [-0.15, -0.1) is 0 Å². The van der Waals surface area contributed by atoms with Crippen LogP contribution >= 0.6 is 0 Å². The first-order chi connectivity index (χ1) is 27.3. The average Bonchev–Trinajstić information content (AvgIpc) is 3.72. The van der Waals surface area contributed by atoms with E-state index in [1.807, 2.05) is 0 Å². The van der Waals surface area contributed by atoms with E-state index in [1.165, 1.54) is 77.2 Å². The van der Waals surface area contributed by atoms with Crippen molar-refractivity contribution in [2.45, 2.75) is 0 Å². The number of benzene rings is 9. The van der Waals surface area contributed by atoms with Crippen molar-refractivity contribution in [3.05, 3.63) is 224 Å². The summed E-state index contributed by atoms with van der Waals surface area (Å²) in [5.41, 5.74) is 15.5. The van der Waals surface area contributed by atoms with E-state index in [-0.39, 0.29) is 0 Å². The lowest BCUT2D eigenvalue weighted by molar-refractivity contribution is 1.10. The van der Waals surface area contributed by atoms with Crippen LogP contribution in [0.25, 0.3) is 94.3 Å². The fraction of sp³-hybridized carbons (Fsp3) is 0. The molecular weight excluding hydrogens is 663 g/mol. The monoisotopic (exact) mass is 699 g/mol. The number of aromatic nitrogens is 1. The average molecular weight is 700 g/mol. The van der Waals surface area contributed by atoms with Crippen molar-refractivity contribution in [2.24, 2.45) is 0 Å². The van der Waals surface area contributed by atoms with Crippen LogP contribution in [0.2, 0.25) is 0 Å². The molecule has 0 spiro atoms. The maximum absolute atomic E-state index is 2.44. The van der Waals surface area contributed by atoms with Gasteiger partial charge >= 0.3 is 0 Å². The lowest BCUT2D eigenvalue weighted by Crippen LogP contribution is -2.00. The number of fused-ring (bicyclic) bond motifs is 2. The van der Waals surface area contributed by atoms with Crippen LogP contribution in [0.4, 0.5) is 0 Å². The zero-order chi connectivity index (χ0) is 36.6. The Morgan fingerprint density at radius 3 is 1.20 bits per heavy atom. The van der Waals surface area contributed by atoms with E-state index in [1.54, 1.807) is 0 Å². The Labute approximate surface area is 322 Å². The van der Waals surface area contributed by atoms with E-state index in [0.717, 1.165) is 17.1 Å². The molecule has 258 valence electrons. The minimum absolute atomic E-state index is 1.12. The molecule has 1 aromatic heterocycles. The fourth-order valence-electron chi connectivity index (χ4n) is 8.12. The fourth-order valence-corrected chi connectivity index (χ4v) is 8.12. The quantitative estimate of drug-likeness (QED) is 0.146. The summed E-state index contributed by atoms with van der Waals surface area (Å²) in [4.78, 5) is 0. The summed E-state index contributed by atoms with van der Waals surface area (Å²) in [6.45, 7) is 0. The van der Waals surface area contributed by atoms with Gasteiger partial charge in [0.2, 0.25) is 0 Å². The molecule has 55 heavy (non-hydrogen) atoms. The Balaban J connectivity index is 1.24. The zero-order valence-electron chi connectivity index (χ0n) is 30.3. The first kappa shape index (κ1) is 32.4. The molecule has 0 N–H and O–H groups in total. The molecule has 0 amide bonds. The molecule has 0 aliphatic rings. The van der Waals surface area contributed by atoms with Gasteiger partial charge in [0.15, 0.2) is 0 Å². The summed E-state index contributed by atoms with van der Waals surface area (Å²) in [5.74, 6) is 0. The van der Waals surface area contributed by atoms with Crippen molar-refractivity contribution in [3.63, 3.8) is 0 Å². The second kappa shape index (κ2) is 14.0. The van der Waals surface area contributed by atoms with Gasteiger partial charge in [-0.3, -0.25) is 0 Å². The number of rotatable bonds is 7. The minimum Gasteiger partial charge on any atom is -0.309 e. The molecule has 10 rings (SSSR count). The van der Waals surface area contributed by atoms with E-state index >= 15 is 0 Å². The van der Waals surface area contributed by atoms with E-state index in [2.05, 4.69) is 229 Å². The SMILES string of the molecule is c1ccc(-c2cccc(-c3cccc4cc5c(-c6cccc(-c7ccccc7)c6)cc(-n6c(-c7ccccc7)ccc6-c6ccccc6)cc5cc34)c2)cc1. The predicted octanol–water partition coefficient (Wildman–Crippen LogP) is 14.8. The largest absolute Gasteiger partial charge is 0.309 e. The first-order valence-electron chi connectivity index (χ1n) is 18.9. The molecule has 9 aromatic carbocycles.